The Kier molecular flexibility index (Phi) is 12.0. The van der Waals surface area contributed by atoms with E-state index in [0.29, 0.717) is 19.0 Å². The molecule has 2 rings (SSSR count). The van der Waals surface area contributed by atoms with Crippen LogP contribution in [0.15, 0.2) is 23.2 Å². The van der Waals surface area contributed by atoms with Crippen LogP contribution in [0.4, 0.5) is 0 Å². The van der Waals surface area contributed by atoms with Crippen molar-refractivity contribution in [3.63, 3.8) is 0 Å². The number of aryl methyl sites for hydroxylation is 1. The third kappa shape index (κ3) is 9.20. The van der Waals surface area contributed by atoms with E-state index in [-0.39, 0.29) is 42.5 Å². The molecule has 1 saturated heterocycles. The van der Waals surface area contributed by atoms with Crippen molar-refractivity contribution in [3.8, 4) is 5.75 Å². The van der Waals surface area contributed by atoms with Gasteiger partial charge in [-0.05, 0) is 44.2 Å². The van der Waals surface area contributed by atoms with Crippen molar-refractivity contribution in [2.45, 2.75) is 38.7 Å². The molecule has 8 heteroatoms. The number of nitrogens with one attached hydrogen (secondary N) is 2. The maximum Gasteiger partial charge on any atom is 0.243 e. The molecule has 0 bridgehead atoms. The van der Waals surface area contributed by atoms with E-state index < -0.39 is 0 Å². The van der Waals surface area contributed by atoms with E-state index in [1.807, 2.05) is 12.1 Å². The maximum absolute atomic E-state index is 11.9. The van der Waals surface area contributed by atoms with Gasteiger partial charge in [0.25, 0.3) is 0 Å². The maximum atomic E-state index is 11.9. The first-order valence-corrected chi connectivity index (χ1v) is 9.97. The first-order chi connectivity index (χ1) is 13.5. The van der Waals surface area contributed by atoms with Crippen LogP contribution in [-0.2, 0) is 16.0 Å². The van der Waals surface area contributed by atoms with Crippen molar-refractivity contribution >= 4 is 35.8 Å². The van der Waals surface area contributed by atoms with Crippen molar-refractivity contribution in [3.05, 3.63) is 29.3 Å². The highest BCUT2D eigenvalue weighted by atomic mass is 127. The third-order valence-electron chi connectivity index (χ3n) is 4.77. The van der Waals surface area contributed by atoms with Crippen LogP contribution < -0.4 is 15.4 Å². The van der Waals surface area contributed by atoms with E-state index in [1.165, 1.54) is 12.0 Å². The molecule has 1 unspecified atom stereocenters. The number of ether oxygens (including phenoxy) is 2. The molecule has 1 aromatic rings. The normalized spacial score (nSPS) is 16.6. The summed E-state index contributed by atoms with van der Waals surface area (Å²) in [5.41, 5.74) is 2.35. The van der Waals surface area contributed by atoms with Gasteiger partial charge in [-0.25, -0.2) is 4.99 Å². The molecule has 0 aromatic heterocycles. The number of amides is 1. The highest BCUT2D eigenvalue weighted by molar-refractivity contribution is 14.0. The topological polar surface area (TPSA) is 75.2 Å². The molecule has 1 atom stereocenters. The number of hydrogen-bond donors (Lipinski definition) is 2. The summed E-state index contributed by atoms with van der Waals surface area (Å²) in [4.78, 5) is 17.9. The smallest absolute Gasteiger partial charge is 0.243 e. The van der Waals surface area contributed by atoms with Gasteiger partial charge in [-0.3, -0.25) is 4.79 Å². The lowest BCUT2D eigenvalue weighted by molar-refractivity contribution is -0.127. The number of benzene rings is 1. The van der Waals surface area contributed by atoms with Crippen molar-refractivity contribution in [1.29, 1.82) is 0 Å². The minimum atomic E-state index is -0.0321. The van der Waals surface area contributed by atoms with E-state index in [9.17, 15) is 4.79 Å². The molecule has 164 valence electrons. The summed E-state index contributed by atoms with van der Waals surface area (Å²) in [7, 11) is 5.16. The lowest BCUT2D eigenvalue weighted by Crippen LogP contribution is -2.43. The molecule has 2 N–H and O–H groups in total. The summed E-state index contributed by atoms with van der Waals surface area (Å²) in [6, 6.07) is 6.17. The fourth-order valence-electron chi connectivity index (χ4n) is 3.06. The standard InChI is InChI=1S/C21H34N4O3.HI/c1-16-8-9-19(27-4)17(13-16)10-11-22-21(24-15-20(26)25(2)3)23-14-18-7-5-6-12-28-18;/h8-9,13,18H,5-7,10-12,14-15H2,1-4H3,(H2,22,23,24);1H. The number of carbonyl (C=O) groups excluding carboxylic acids is 1. The highest BCUT2D eigenvalue weighted by Gasteiger charge is 2.14. The van der Waals surface area contributed by atoms with E-state index in [2.05, 4.69) is 28.6 Å². The van der Waals surface area contributed by atoms with Gasteiger partial charge in [0.15, 0.2) is 5.96 Å². The Balaban J connectivity index is 0.00000420. The summed E-state index contributed by atoms with van der Waals surface area (Å²) < 4.78 is 11.2. The average molecular weight is 518 g/mol. The van der Waals surface area contributed by atoms with E-state index in [1.54, 1.807) is 26.1 Å². The number of aliphatic imine (C=N–C) groups is 1. The molecule has 1 fully saturated rings. The summed E-state index contributed by atoms with van der Waals surface area (Å²) in [5.74, 6) is 1.49. The molecule has 1 heterocycles. The van der Waals surface area contributed by atoms with Crippen LogP contribution >= 0.6 is 24.0 Å². The first kappa shape index (κ1) is 25.5. The van der Waals surface area contributed by atoms with Gasteiger partial charge in [0.05, 0.1) is 13.2 Å². The third-order valence-corrected chi connectivity index (χ3v) is 4.77. The number of rotatable bonds is 8. The lowest BCUT2D eigenvalue weighted by atomic mass is 10.1. The van der Waals surface area contributed by atoms with Crippen molar-refractivity contribution in [2.24, 2.45) is 4.99 Å². The molecular formula is C21H35IN4O3. The lowest BCUT2D eigenvalue weighted by Gasteiger charge is -2.24. The average Bonchev–Trinajstić information content (AvgIpc) is 2.70. The molecule has 1 aliphatic heterocycles. The molecule has 0 saturated carbocycles. The van der Waals surface area contributed by atoms with Gasteiger partial charge in [0.2, 0.25) is 5.91 Å². The molecule has 0 spiro atoms. The van der Waals surface area contributed by atoms with Crippen LogP contribution in [0.25, 0.3) is 0 Å². The molecule has 1 aliphatic rings. The van der Waals surface area contributed by atoms with Crippen LogP contribution in [-0.4, -0.2) is 70.3 Å². The molecule has 29 heavy (non-hydrogen) atoms. The monoisotopic (exact) mass is 518 g/mol. The van der Waals surface area contributed by atoms with Gasteiger partial charge in [0, 0.05) is 33.8 Å². The van der Waals surface area contributed by atoms with Crippen LogP contribution in [0.1, 0.15) is 30.4 Å². The summed E-state index contributed by atoms with van der Waals surface area (Å²) in [6.07, 6.45) is 4.37. The Morgan fingerprint density at radius 1 is 1.31 bits per heavy atom. The second kappa shape index (κ2) is 13.6. The van der Waals surface area contributed by atoms with Gasteiger partial charge >= 0.3 is 0 Å². The Hall–Kier alpha value is -1.55. The Bertz CT molecular complexity index is 661. The summed E-state index contributed by atoms with van der Waals surface area (Å²) in [6.45, 7) is 4.38. The number of likely N-dealkylation sites (N-methyl/N-ethyl adjacent to an activating group) is 1. The molecule has 7 nitrogen and oxygen atoms in total. The second-order valence-corrected chi connectivity index (χ2v) is 7.31. The molecule has 1 amide bonds. The minimum absolute atomic E-state index is 0. The molecule has 1 aromatic carbocycles. The van der Waals surface area contributed by atoms with Crippen LogP contribution in [0.2, 0.25) is 0 Å². The fraction of sp³-hybridized carbons (Fsp3) is 0.619. The van der Waals surface area contributed by atoms with Gasteiger partial charge in [-0.2, -0.15) is 0 Å². The van der Waals surface area contributed by atoms with Crippen LogP contribution in [0, 0.1) is 6.92 Å². The summed E-state index contributed by atoms with van der Waals surface area (Å²) in [5, 5.41) is 6.65. The number of carbonyl (C=O) groups is 1. The zero-order valence-electron chi connectivity index (χ0n) is 18.0. The Morgan fingerprint density at radius 3 is 2.76 bits per heavy atom. The van der Waals surface area contributed by atoms with Gasteiger partial charge < -0.3 is 25.0 Å². The van der Waals surface area contributed by atoms with Gasteiger partial charge in [0.1, 0.15) is 12.3 Å². The van der Waals surface area contributed by atoms with Crippen molar-refractivity contribution < 1.29 is 14.3 Å². The molecule has 0 aliphatic carbocycles. The predicted molar refractivity (Wildman–Crippen MR) is 127 cm³/mol. The predicted octanol–water partition coefficient (Wildman–Crippen LogP) is 2.36. The molecule has 0 radical (unpaired) electrons. The van der Waals surface area contributed by atoms with Crippen molar-refractivity contribution in [2.75, 3.05) is 47.4 Å². The second-order valence-electron chi connectivity index (χ2n) is 7.31. The van der Waals surface area contributed by atoms with E-state index in [4.69, 9.17) is 9.47 Å². The fourth-order valence-corrected chi connectivity index (χ4v) is 3.06. The number of methoxy groups -OCH3 is 1. The number of guanidine groups is 1. The number of halogens is 1. The number of hydrogen-bond acceptors (Lipinski definition) is 4. The van der Waals surface area contributed by atoms with Gasteiger partial charge in [-0.1, -0.05) is 17.7 Å². The largest absolute Gasteiger partial charge is 0.496 e. The van der Waals surface area contributed by atoms with E-state index >= 15 is 0 Å². The Morgan fingerprint density at radius 2 is 2.10 bits per heavy atom. The van der Waals surface area contributed by atoms with Gasteiger partial charge in [-0.15, -0.1) is 24.0 Å². The first-order valence-electron chi connectivity index (χ1n) is 9.97. The number of nitrogens with zero attached hydrogens (tertiary/aromatic N) is 2. The van der Waals surface area contributed by atoms with Crippen LogP contribution in [0.5, 0.6) is 5.75 Å². The Labute approximate surface area is 191 Å². The summed E-state index contributed by atoms with van der Waals surface area (Å²) >= 11 is 0. The SMILES string of the molecule is COc1ccc(C)cc1CCNC(=NCC(=O)N(C)C)NCC1CCCCO1.I. The molecular weight excluding hydrogens is 483 g/mol. The van der Waals surface area contributed by atoms with E-state index in [0.717, 1.165) is 37.2 Å². The highest BCUT2D eigenvalue weighted by Crippen LogP contribution is 2.19. The van der Waals surface area contributed by atoms with Crippen molar-refractivity contribution in [1.82, 2.24) is 15.5 Å². The zero-order valence-corrected chi connectivity index (χ0v) is 20.3. The quantitative estimate of drug-likeness (QED) is 0.314. The minimum Gasteiger partial charge on any atom is -0.496 e. The zero-order chi connectivity index (χ0) is 20.4. The van der Waals surface area contributed by atoms with Crippen LogP contribution in [0.3, 0.4) is 0 Å².